The molecule has 8 amide bonds. The van der Waals surface area contributed by atoms with Crippen LogP contribution in [0, 0.1) is 5.41 Å². The van der Waals surface area contributed by atoms with E-state index in [0.717, 1.165) is 17.1 Å². The number of imide groups is 1. The molecule has 1 saturated carbocycles. The minimum atomic E-state index is -1.38. The van der Waals surface area contributed by atoms with Gasteiger partial charge in [-0.05, 0) is 74.3 Å². The number of amides is 8. The summed E-state index contributed by atoms with van der Waals surface area (Å²) in [6, 6.07) is 2.59. The molecule has 290 valence electrons. The Labute approximate surface area is 310 Å². The first kappa shape index (κ1) is 42.1. The molecule has 1 fully saturated rings. The molecular weight excluding hydrogens is 706 g/mol. The molecule has 1 unspecified atom stereocenters. The molecule has 9 N–H and O–H groups in total. The van der Waals surface area contributed by atoms with E-state index in [1.165, 1.54) is 42.5 Å². The van der Waals surface area contributed by atoms with Crippen molar-refractivity contribution >= 4 is 71.3 Å². The van der Waals surface area contributed by atoms with Gasteiger partial charge in [0.2, 0.25) is 23.6 Å². The van der Waals surface area contributed by atoms with Crippen LogP contribution in [0.3, 0.4) is 0 Å². The second-order valence-corrected chi connectivity index (χ2v) is 12.7. The zero-order chi connectivity index (χ0) is 39.7. The lowest BCUT2D eigenvalue weighted by Crippen LogP contribution is -2.59. The summed E-state index contributed by atoms with van der Waals surface area (Å²) < 4.78 is 0. The van der Waals surface area contributed by atoms with Gasteiger partial charge in [-0.3, -0.25) is 33.7 Å². The van der Waals surface area contributed by atoms with Gasteiger partial charge in [0, 0.05) is 62.6 Å². The lowest BCUT2D eigenvalue weighted by molar-refractivity contribution is -0.151. The van der Waals surface area contributed by atoms with Crippen LogP contribution in [-0.2, 0) is 38.4 Å². The standard InChI is InChI=1S/C36H45N7O11/c37-35(54)40-19-4-6-25(42-34(53)36(16-5-17-36)33(52)39-18-2-1-3-21-43-28(45)11-12-29(43)46)32(51)38-20-15-27(44)41-26-22-23(8-13-30(47)48)7-9-24(26)10-14-31(49)50/h7-14,22,25H,1-6,15-21H2,(H,38,51)(H,39,52)(H,41,44)(H,42,53)(H,47,48)(H,49,50)(H3,37,40,54)/b13-8+,14-10+. The Bertz CT molecular complexity index is 1700. The van der Waals surface area contributed by atoms with Gasteiger partial charge in [0.25, 0.3) is 11.8 Å². The van der Waals surface area contributed by atoms with Crippen LogP contribution in [0.25, 0.3) is 12.2 Å². The molecule has 54 heavy (non-hydrogen) atoms. The van der Waals surface area contributed by atoms with Crippen molar-refractivity contribution in [2.45, 2.75) is 63.8 Å². The van der Waals surface area contributed by atoms with Crippen LogP contribution in [0.1, 0.15) is 68.9 Å². The number of urea groups is 1. The first-order chi connectivity index (χ1) is 25.7. The summed E-state index contributed by atoms with van der Waals surface area (Å²) in [6.07, 6.45) is 9.69. The van der Waals surface area contributed by atoms with Gasteiger partial charge in [-0.25, -0.2) is 14.4 Å². The van der Waals surface area contributed by atoms with Gasteiger partial charge in [-0.2, -0.15) is 0 Å². The summed E-state index contributed by atoms with van der Waals surface area (Å²) in [5.41, 5.74) is 4.68. The van der Waals surface area contributed by atoms with Gasteiger partial charge in [0.15, 0.2) is 0 Å². The molecule has 2 aliphatic rings. The van der Waals surface area contributed by atoms with Crippen LogP contribution in [0.5, 0.6) is 0 Å². The molecule has 1 heterocycles. The van der Waals surface area contributed by atoms with Crippen LogP contribution in [0.15, 0.2) is 42.5 Å². The SMILES string of the molecule is NC(=O)NCCCC(NC(=O)C1(C(=O)NCCCCCN2C(=O)C=CC2=O)CCC1)C(=O)NCCC(=O)Nc1cc(/C=C/C(=O)O)ccc1/C=C/C(=O)O. The van der Waals surface area contributed by atoms with E-state index in [4.69, 9.17) is 15.9 Å². The number of nitrogens with two attached hydrogens (primary N) is 1. The fraction of sp³-hybridized carbons (Fsp3) is 0.417. The number of aliphatic carboxylic acids is 2. The molecule has 18 heteroatoms. The number of carbonyl (C=O) groups is 9. The van der Waals surface area contributed by atoms with E-state index in [2.05, 4.69) is 26.6 Å². The predicted molar refractivity (Wildman–Crippen MR) is 194 cm³/mol. The summed E-state index contributed by atoms with van der Waals surface area (Å²) in [5.74, 6) is -5.45. The Morgan fingerprint density at radius 2 is 1.48 bits per heavy atom. The molecule has 0 saturated heterocycles. The molecule has 1 aromatic rings. The summed E-state index contributed by atoms with van der Waals surface area (Å²) in [6.45, 7) is 0.471. The topological polar surface area (TPSA) is 284 Å². The number of nitrogens with zero attached hydrogens (tertiary/aromatic N) is 1. The van der Waals surface area contributed by atoms with Gasteiger partial charge in [-0.1, -0.05) is 18.6 Å². The average molecular weight is 752 g/mol. The smallest absolute Gasteiger partial charge is 0.328 e. The number of benzene rings is 1. The highest BCUT2D eigenvalue weighted by Gasteiger charge is 2.51. The molecular formula is C36H45N7O11. The second kappa shape index (κ2) is 20.6. The maximum Gasteiger partial charge on any atom is 0.328 e. The van der Waals surface area contributed by atoms with Crippen molar-refractivity contribution in [2.75, 3.05) is 31.5 Å². The molecule has 1 aliphatic carbocycles. The number of unbranched alkanes of at least 4 members (excludes halogenated alkanes) is 2. The number of carboxylic acid groups (broad SMARTS) is 2. The Kier molecular flexibility index (Phi) is 16.1. The van der Waals surface area contributed by atoms with Crippen LogP contribution in [0.2, 0.25) is 0 Å². The van der Waals surface area contributed by atoms with Crippen molar-refractivity contribution in [3.8, 4) is 0 Å². The van der Waals surface area contributed by atoms with Crippen molar-refractivity contribution in [2.24, 2.45) is 11.1 Å². The fourth-order valence-corrected chi connectivity index (χ4v) is 5.66. The first-order valence-electron chi connectivity index (χ1n) is 17.4. The minimum Gasteiger partial charge on any atom is -0.478 e. The summed E-state index contributed by atoms with van der Waals surface area (Å²) in [7, 11) is 0. The van der Waals surface area contributed by atoms with Gasteiger partial charge in [-0.15, -0.1) is 0 Å². The highest BCUT2D eigenvalue weighted by molar-refractivity contribution is 6.12. The number of primary amides is 1. The number of hydrogen-bond donors (Lipinski definition) is 8. The summed E-state index contributed by atoms with van der Waals surface area (Å²) in [4.78, 5) is 111. The van der Waals surface area contributed by atoms with Crippen LogP contribution in [-0.4, -0.2) is 101 Å². The number of nitrogens with one attached hydrogen (secondary N) is 5. The van der Waals surface area contributed by atoms with Gasteiger partial charge in [0.05, 0.1) is 0 Å². The quantitative estimate of drug-likeness (QED) is 0.0352. The van der Waals surface area contributed by atoms with Crippen molar-refractivity contribution in [1.29, 1.82) is 0 Å². The molecule has 0 radical (unpaired) electrons. The molecule has 0 aromatic heterocycles. The average Bonchev–Trinajstić information content (AvgIpc) is 3.41. The van der Waals surface area contributed by atoms with Gasteiger partial charge < -0.3 is 42.5 Å². The Hall–Kier alpha value is -6.33. The molecule has 3 rings (SSSR count). The third-order valence-corrected chi connectivity index (χ3v) is 8.74. The Morgan fingerprint density at radius 1 is 0.815 bits per heavy atom. The minimum absolute atomic E-state index is 0.0647. The van der Waals surface area contributed by atoms with Crippen LogP contribution in [0.4, 0.5) is 10.5 Å². The van der Waals surface area contributed by atoms with E-state index < -0.39 is 53.1 Å². The molecule has 18 nitrogen and oxygen atoms in total. The lowest BCUT2D eigenvalue weighted by atomic mass is 9.67. The van der Waals surface area contributed by atoms with Crippen LogP contribution < -0.4 is 32.3 Å². The maximum atomic E-state index is 13.6. The van der Waals surface area contributed by atoms with E-state index >= 15 is 0 Å². The van der Waals surface area contributed by atoms with Crippen molar-refractivity contribution in [1.82, 2.24) is 26.2 Å². The van der Waals surface area contributed by atoms with Gasteiger partial charge in [0.1, 0.15) is 11.5 Å². The largest absolute Gasteiger partial charge is 0.478 e. The summed E-state index contributed by atoms with van der Waals surface area (Å²) >= 11 is 0. The number of anilines is 1. The van der Waals surface area contributed by atoms with E-state index in [1.54, 1.807) is 0 Å². The molecule has 1 aromatic carbocycles. The fourth-order valence-electron chi connectivity index (χ4n) is 5.66. The van der Waals surface area contributed by atoms with Crippen molar-refractivity contribution < 1.29 is 53.4 Å². The molecule has 0 spiro atoms. The van der Waals surface area contributed by atoms with E-state index in [-0.39, 0.29) is 75.8 Å². The maximum absolute atomic E-state index is 13.6. The monoisotopic (exact) mass is 751 g/mol. The molecule has 0 bridgehead atoms. The van der Waals surface area contributed by atoms with E-state index in [9.17, 15) is 43.2 Å². The van der Waals surface area contributed by atoms with Crippen LogP contribution >= 0.6 is 0 Å². The third kappa shape index (κ3) is 13.0. The second-order valence-electron chi connectivity index (χ2n) is 12.7. The Balaban J connectivity index is 1.57. The lowest BCUT2D eigenvalue weighted by Gasteiger charge is -2.39. The highest BCUT2D eigenvalue weighted by Crippen LogP contribution is 2.41. The van der Waals surface area contributed by atoms with Gasteiger partial charge >= 0.3 is 18.0 Å². The predicted octanol–water partition coefficient (Wildman–Crippen LogP) is 0.642. The van der Waals surface area contributed by atoms with E-state index in [0.29, 0.717) is 36.8 Å². The normalized spacial score (nSPS) is 15.1. The number of carboxylic acids is 2. The van der Waals surface area contributed by atoms with Crippen molar-refractivity contribution in [3.63, 3.8) is 0 Å². The molecule has 1 aliphatic heterocycles. The van der Waals surface area contributed by atoms with E-state index in [1.807, 2.05) is 0 Å². The first-order valence-corrected chi connectivity index (χ1v) is 17.4. The van der Waals surface area contributed by atoms with Crippen molar-refractivity contribution in [3.05, 3.63) is 53.6 Å². The number of carbonyl (C=O) groups excluding carboxylic acids is 7. The molecule has 1 atom stereocenters. The third-order valence-electron chi connectivity index (χ3n) is 8.74. The number of hydrogen-bond acceptors (Lipinski definition) is 9. The summed E-state index contributed by atoms with van der Waals surface area (Å²) in [5, 5.41) is 31.1. The Morgan fingerprint density at radius 3 is 2.11 bits per heavy atom. The zero-order valence-electron chi connectivity index (χ0n) is 29.6. The zero-order valence-corrected chi connectivity index (χ0v) is 29.6. The number of rotatable bonds is 22. The highest BCUT2D eigenvalue weighted by atomic mass is 16.4.